The summed E-state index contributed by atoms with van der Waals surface area (Å²) in [4.78, 5) is 33.8. The highest BCUT2D eigenvalue weighted by atomic mass is 19.1. The van der Waals surface area contributed by atoms with Crippen LogP contribution in [0, 0.1) is 11.6 Å². The number of rotatable bonds is 7. The largest absolute Gasteiger partial charge is 0.475 e. The molecule has 0 saturated carbocycles. The molecule has 7 heterocycles. The van der Waals surface area contributed by atoms with E-state index in [-0.39, 0.29) is 71.5 Å². The monoisotopic (exact) mass is 748 g/mol. The van der Waals surface area contributed by atoms with Crippen molar-refractivity contribution in [3.8, 4) is 28.9 Å². The van der Waals surface area contributed by atoms with E-state index in [2.05, 4.69) is 14.8 Å². The number of fused-ring (bicyclic) bond motifs is 7. The van der Waals surface area contributed by atoms with E-state index < -0.39 is 41.1 Å². The molecule has 0 N–H and O–H groups in total. The number of carbonyl (C=O) groups excluding carboxylic acids is 1. The van der Waals surface area contributed by atoms with E-state index in [9.17, 15) is 9.18 Å². The topological polar surface area (TPSA) is 112 Å². The minimum Gasteiger partial charge on any atom is -0.475 e. The number of alkyl halides is 1. The first-order valence-electron chi connectivity index (χ1n) is 18.6. The Balaban J connectivity index is 1.19. The van der Waals surface area contributed by atoms with Crippen molar-refractivity contribution in [3.63, 3.8) is 0 Å². The van der Waals surface area contributed by atoms with Crippen molar-refractivity contribution in [1.82, 2.24) is 24.8 Å². The van der Waals surface area contributed by atoms with Gasteiger partial charge in [0.25, 0.3) is 0 Å². The van der Waals surface area contributed by atoms with Crippen molar-refractivity contribution >= 4 is 33.6 Å². The molecule has 2 bridgehead atoms. The molecule has 4 aromatic rings. The number of nitrogens with zero attached hydrogens (tertiary/aromatic N) is 6. The van der Waals surface area contributed by atoms with E-state index in [0.29, 0.717) is 42.9 Å². The number of benzene rings is 2. The fraction of sp³-hybridized carbons (Fsp3) is 0.538. The molecule has 54 heavy (non-hydrogen) atoms. The van der Waals surface area contributed by atoms with E-state index in [0.717, 1.165) is 25.8 Å². The lowest BCUT2D eigenvalue weighted by atomic mass is 9.95. The molecule has 1 amide bonds. The molecule has 5 aliphatic heterocycles. The van der Waals surface area contributed by atoms with E-state index >= 15 is 8.78 Å². The lowest BCUT2D eigenvalue weighted by Crippen LogP contribution is -2.63. The second kappa shape index (κ2) is 13.0. The Hall–Kier alpha value is -4.63. The molecule has 15 heteroatoms. The zero-order chi connectivity index (χ0) is 37.5. The van der Waals surface area contributed by atoms with Gasteiger partial charge in [0.15, 0.2) is 12.6 Å². The van der Waals surface area contributed by atoms with Gasteiger partial charge in [-0.1, -0.05) is 12.1 Å². The standard InChI is InChI=1S/C39H43F3N6O6/c1-38(2,3)54-37(49)48-23-9-10-27(48)28-18-51-35-30-33(31(42)32(43-35)25-14-24(53-20-50-4)13-21-7-5-8-26(41)29(21)25)44-36(45-34(30)47(28)17-23)52-19-39-11-6-12-46(39)16-22(40)15-39/h5,7-8,13-14,22-23,27-28H,6,9-12,15-20H2,1-4H3/t22-,23+,27-,28+,39-/m0/s1. The summed E-state index contributed by atoms with van der Waals surface area (Å²) in [6, 6.07) is 6.81. The van der Waals surface area contributed by atoms with Crippen LogP contribution in [0.5, 0.6) is 17.6 Å². The van der Waals surface area contributed by atoms with Gasteiger partial charge in [0, 0.05) is 37.6 Å². The summed E-state index contributed by atoms with van der Waals surface area (Å²) in [6.45, 7) is 7.17. The number of carbonyl (C=O) groups is 1. The van der Waals surface area contributed by atoms with E-state index in [4.69, 9.17) is 33.7 Å². The molecule has 4 fully saturated rings. The predicted octanol–water partition coefficient (Wildman–Crippen LogP) is 6.41. The Morgan fingerprint density at radius 1 is 1.06 bits per heavy atom. The van der Waals surface area contributed by atoms with Crippen LogP contribution >= 0.6 is 0 Å². The van der Waals surface area contributed by atoms with E-state index in [1.807, 2.05) is 25.7 Å². The number of pyridine rings is 1. The molecule has 0 aliphatic carbocycles. The molecular weight excluding hydrogens is 705 g/mol. The number of halogens is 3. The van der Waals surface area contributed by atoms with Crippen LogP contribution in [0.1, 0.15) is 52.9 Å². The number of aromatic nitrogens is 3. The molecule has 5 atom stereocenters. The minimum absolute atomic E-state index is 0.0705. The Morgan fingerprint density at radius 2 is 1.91 bits per heavy atom. The molecule has 286 valence electrons. The quantitative estimate of drug-likeness (QED) is 0.196. The second-order valence-electron chi connectivity index (χ2n) is 16.1. The zero-order valence-electron chi connectivity index (χ0n) is 30.7. The molecule has 12 nitrogen and oxygen atoms in total. The molecule has 0 spiro atoms. The van der Waals surface area contributed by atoms with Crippen LogP contribution < -0.4 is 19.1 Å². The summed E-state index contributed by atoms with van der Waals surface area (Å²) in [7, 11) is 1.48. The number of piperazine rings is 1. The SMILES string of the molecule is COCOc1cc(-c2nc3c4c(nc(OC[C@@]56CCCN5C[C@@H](F)C6)nc4c2F)N2C[C@H]4CC[C@@H]([C@H]2CO3)N4C(=O)OC(C)(C)C)c2c(F)cccc2c1. The smallest absolute Gasteiger partial charge is 0.410 e. The minimum atomic E-state index is -0.960. The first-order valence-corrected chi connectivity index (χ1v) is 18.6. The first-order chi connectivity index (χ1) is 25.9. The number of anilines is 1. The van der Waals surface area contributed by atoms with Crippen molar-refractivity contribution in [1.29, 1.82) is 0 Å². The summed E-state index contributed by atoms with van der Waals surface area (Å²) in [6.07, 6.45) is 2.13. The number of methoxy groups -OCH3 is 1. The molecular formula is C39H43F3N6O6. The third kappa shape index (κ3) is 5.81. The van der Waals surface area contributed by atoms with Crippen LogP contribution in [-0.2, 0) is 9.47 Å². The van der Waals surface area contributed by atoms with Gasteiger partial charge in [-0.25, -0.2) is 22.9 Å². The van der Waals surface area contributed by atoms with Crippen molar-refractivity contribution in [2.24, 2.45) is 0 Å². The van der Waals surface area contributed by atoms with Gasteiger partial charge in [0.1, 0.15) is 59.0 Å². The maximum absolute atomic E-state index is 17.4. The summed E-state index contributed by atoms with van der Waals surface area (Å²) in [5.41, 5.74) is -1.35. The number of hydrogen-bond acceptors (Lipinski definition) is 11. The van der Waals surface area contributed by atoms with Crippen LogP contribution in [0.3, 0.4) is 0 Å². The molecule has 9 rings (SSSR count). The van der Waals surface area contributed by atoms with Crippen molar-refractivity contribution in [2.75, 3.05) is 51.7 Å². The highest BCUT2D eigenvalue weighted by Gasteiger charge is 2.52. The Labute approximate surface area is 310 Å². The molecule has 4 saturated heterocycles. The van der Waals surface area contributed by atoms with Gasteiger partial charge in [-0.2, -0.15) is 9.97 Å². The number of amides is 1. The normalized spacial score (nSPS) is 26.1. The summed E-state index contributed by atoms with van der Waals surface area (Å²) in [5, 5.41) is 0.862. The highest BCUT2D eigenvalue weighted by molar-refractivity contribution is 6.02. The lowest BCUT2D eigenvalue weighted by molar-refractivity contribution is 0.00537. The Morgan fingerprint density at radius 3 is 2.72 bits per heavy atom. The van der Waals surface area contributed by atoms with Gasteiger partial charge in [0.05, 0.1) is 23.7 Å². The maximum Gasteiger partial charge on any atom is 0.410 e. The fourth-order valence-electron chi connectivity index (χ4n) is 9.31. The second-order valence-corrected chi connectivity index (χ2v) is 16.1. The van der Waals surface area contributed by atoms with Crippen LogP contribution in [0.4, 0.5) is 23.8 Å². The van der Waals surface area contributed by atoms with Gasteiger partial charge >= 0.3 is 12.1 Å². The highest BCUT2D eigenvalue weighted by Crippen LogP contribution is 2.47. The average Bonchev–Trinajstić information content (AvgIpc) is 3.73. The summed E-state index contributed by atoms with van der Waals surface area (Å²) >= 11 is 0. The average molecular weight is 749 g/mol. The van der Waals surface area contributed by atoms with E-state index in [1.165, 1.54) is 19.2 Å². The Kier molecular flexibility index (Phi) is 8.45. The summed E-state index contributed by atoms with van der Waals surface area (Å²) < 4.78 is 77.2. The lowest BCUT2D eigenvalue weighted by Gasteiger charge is -2.46. The predicted molar refractivity (Wildman–Crippen MR) is 193 cm³/mol. The Bertz CT molecular complexity index is 2150. The van der Waals surface area contributed by atoms with E-state index in [1.54, 1.807) is 18.2 Å². The molecule has 0 unspecified atom stereocenters. The van der Waals surface area contributed by atoms with Crippen molar-refractivity contribution in [2.45, 2.75) is 88.3 Å². The molecule has 5 aliphatic rings. The first kappa shape index (κ1) is 35.1. The summed E-state index contributed by atoms with van der Waals surface area (Å²) in [5.74, 6) is -0.626. The molecule has 2 aromatic heterocycles. The fourth-order valence-corrected chi connectivity index (χ4v) is 9.31. The van der Waals surface area contributed by atoms with Crippen LogP contribution in [0.15, 0.2) is 30.3 Å². The zero-order valence-corrected chi connectivity index (χ0v) is 30.7. The number of hydrogen-bond donors (Lipinski definition) is 0. The third-order valence-corrected chi connectivity index (χ3v) is 11.5. The van der Waals surface area contributed by atoms with Crippen LogP contribution in [0.2, 0.25) is 0 Å². The van der Waals surface area contributed by atoms with Gasteiger partial charge < -0.3 is 28.6 Å². The van der Waals surface area contributed by atoms with Gasteiger partial charge in [-0.3, -0.25) is 9.80 Å². The maximum atomic E-state index is 17.4. The van der Waals surface area contributed by atoms with Gasteiger partial charge in [-0.15, -0.1) is 0 Å². The van der Waals surface area contributed by atoms with Crippen LogP contribution in [-0.4, -0.2) is 113 Å². The van der Waals surface area contributed by atoms with Crippen molar-refractivity contribution in [3.05, 3.63) is 42.0 Å². The molecule has 2 aromatic carbocycles. The van der Waals surface area contributed by atoms with Crippen molar-refractivity contribution < 1.29 is 41.7 Å². The molecule has 0 radical (unpaired) electrons. The van der Waals surface area contributed by atoms with Gasteiger partial charge in [-0.05, 0) is 76.6 Å². The van der Waals surface area contributed by atoms with Gasteiger partial charge in [0.2, 0.25) is 5.88 Å². The van der Waals surface area contributed by atoms with Crippen LogP contribution in [0.25, 0.3) is 32.9 Å². The third-order valence-electron chi connectivity index (χ3n) is 11.5. The number of ether oxygens (including phenoxy) is 5.